The van der Waals surface area contributed by atoms with Crippen molar-refractivity contribution in [2.75, 3.05) is 26.3 Å². The van der Waals surface area contributed by atoms with Crippen molar-refractivity contribution in [2.24, 2.45) is 5.92 Å². The molecule has 2 aromatic rings. The predicted molar refractivity (Wildman–Crippen MR) is 95.2 cm³/mol. The van der Waals surface area contributed by atoms with Gasteiger partial charge in [0.2, 0.25) is 5.88 Å². The summed E-state index contributed by atoms with van der Waals surface area (Å²) in [6, 6.07) is 7.02. The van der Waals surface area contributed by atoms with E-state index >= 15 is 0 Å². The van der Waals surface area contributed by atoms with E-state index in [2.05, 4.69) is 20.9 Å². The van der Waals surface area contributed by atoms with Crippen molar-refractivity contribution >= 4 is 0 Å². The molecule has 0 N–H and O–H groups in total. The SMILES string of the molecule is Fc1cccnc1OCC[C@@H]1CCOC2(C1)CN(Cc1cccnc1)C2. The lowest BCUT2D eigenvalue weighted by Gasteiger charge is -2.53. The monoisotopic (exact) mass is 357 g/mol. The second-order valence-electron chi connectivity index (χ2n) is 7.32. The minimum Gasteiger partial charge on any atom is -0.476 e. The Hall–Kier alpha value is -2.05. The van der Waals surface area contributed by atoms with E-state index < -0.39 is 5.82 Å². The van der Waals surface area contributed by atoms with Crippen LogP contribution in [0.5, 0.6) is 5.88 Å². The van der Waals surface area contributed by atoms with Crippen molar-refractivity contribution in [1.82, 2.24) is 14.9 Å². The van der Waals surface area contributed by atoms with Gasteiger partial charge in [-0.3, -0.25) is 9.88 Å². The van der Waals surface area contributed by atoms with Crippen LogP contribution in [-0.2, 0) is 11.3 Å². The molecule has 5 nitrogen and oxygen atoms in total. The van der Waals surface area contributed by atoms with Crippen molar-refractivity contribution in [2.45, 2.75) is 31.4 Å². The van der Waals surface area contributed by atoms with Crippen molar-refractivity contribution < 1.29 is 13.9 Å². The highest BCUT2D eigenvalue weighted by Crippen LogP contribution is 2.38. The Kier molecular flexibility index (Phi) is 5.13. The zero-order valence-electron chi connectivity index (χ0n) is 14.8. The summed E-state index contributed by atoms with van der Waals surface area (Å²) in [7, 11) is 0. The third kappa shape index (κ3) is 4.02. The van der Waals surface area contributed by atoms with Crippen LogP contribution in [0.3, 0.4) is 0 Å². The Balaban J connectivity index is 1.23. The highest BCUT2D eigenvalue weighted by atomic mass is 19.1. The molecular formula is C20H24FN3O2. The second kappa shape index (κ2) is 7.68. The fourth-order valence-corrected chi connectivity index (χ4v) is 4.03. The van der Waals surface area contributed by atoms with E-state index in [-0.39, 0.29) is 11.5 Å². The summed E-state index contributed by atoms with van der Waals surface area (Å²) in [4.78, 5) is 10.5. The van der Waals surface area contributed by atoms with Crippen LogP contribution in [-0.4, -0.2) is 46.8 Å². The Bertz CT molecular complexity index is 722. The summed E-state index contributed by atoms with van der Waals surface area (Å²) < 4.78 is 25.2. The molecule has 2 saturated heterocycles. The van der Waals surface area contributed by atoms with Gasteiger partial charge in [0.1, 0.15) is 0 Å². The topological polar surface area (TPSA) is 47.5 Å². The smallest absolute Gasteiger partial charge is 0.250 e. The zero-order valence-corrected chi connectivity index (χ0v) is 14.8. The Morgan fingerprint density at radius 3 is 2.96 bits per heavy atom. The number of nitrogens with zero attached hydrogens (tertiary/aromatic N) is 3. The van der Waals surface area contributed by atoms with E-state index in [0.717, 1.165) is 45.5 Å². The first-order valence-corrected chi connectivity index (χ1v) is 9.21. The van der Waals surface area contributed by atoms with E-state index in [1.165, 1.54) is 11.6 Å². The van der Waals surface area contributed by atoms with Gasteiger partial charge < -0.3 is 9.47 Å². The number of aromatic nitrogens is 2. The van der Waals surface area contributed by atoms with Gasteiger partial charge >= 0.3 is 0 Å². The van der Waals surface area contributed by atoms with Crippen LogP contribution in [0.15, 0.2) is 42.9 Å². The molecule has 0 bridgehead atoms. The number of halogens is 1. The molecule has 0 unspecified atom stereocenters. The van der Waals surface area contributed by atoms with Crippen molar-refractivity contribution in [3.63, 3.8) is 0 Å². The van der Waals surface area contributed by atoms with E-state index in [0.29, 0.717) is 12.5 Å². The van der Waals surface area contributed by atoms with E-state index in [1.807, 2.05) is 12.3 Å². The van der Waals surface area contributed by atoms with E-state index in [9.17, 15) is 4.39 Å². The highest BCUT2D eigenvalue weighted by Gasteiger charge is 2.47. The van der Waals surface area contributed by atoms with Crippen LogP contribution in [0.1, 0.15) is 24.8 Å². The molecule has 0 aliphatic carbocycles. The maximum absolute atomic E-state index is 13.5. The van der Waals surface area contributed by atoms with Crippen LogP contribution < -0.4 is 4.74 Å². The number of ether oxygens (including phenoxy) is 2. The quantitative estimate of drug-likeness (QED) is 0.795. The summed E-state index contributed by atoms with van der Waals surface area (Å²) in [5.74, 6) is 0.248. The third-order valence-electron chi connectivity index (χ3n) is 5.24. The van der Waals surface area contributed by atoms with Crippen molar-refractivity contribution in [3.8, 4) is 5.88 Å². The maximum Gasteiger partial charge on any atom is 0.250 e. The Labute approximate surface area is 153 Å². The molecule has 1 spiro atoms. The fraction of sp³-hybridized carbons (Fsp3) is 0.500. The molecule has 26 heavy (non-hydrogen) atoms. The molecule has 2 aliphatic heterocycles. The maximum atomic E-state index is 13.5. The minimum absolute atomic E-state index is 0.0125. The van der Waals surface area contributed by atoms with Gasteiger partial charge in [-0.15, -0.1) is 0 Å². The van der Waals surface area contributed by atoms with Crippen LogP contribution in [0.25, 0.3) is 0 Å². The first-order chi connectivity index (χ1) is 12.7. The molecule has 0 saturated carbocycles. The van der Waals surface area contributed by atoms with Gasteiger partial charge in [0, 0.05) is 44.8 Å². The van der Waals surface area contributed by atoms with Gasteiger partial charge in [-0.25, -0.2) is 9.37 Å². The molecule has 138 valence electrons. The zero-order chi connectivity index (χ0) is 17.8. The van der Waals surface area contributed by atoms with Gasteiger partial charge in [0.05, 0.1) is 12.2 Å². The molecule has 1 atom stereocenters. The molecule has 4 heterocycles. The normalized spacial score (nSPS) is 22.1. The molecule has 2 fully saturated rings. The second-order valence-corrected chi connectivity index (χ2v) is 7.32. The number of pyridine rings is 2. The molecule has 2 aromatic heterocycles. The van der Waals surface area contributed by atoms with E-state index in [1.54, 1.807) is 18.5 Å². The van der Waals surface area contributed by atoms with Crippen LogP contribution in [0.2, 0.25) is 0 Å². The number of hydrogen-bond donors (Lipinski definition) is 0. The first kappa shape index (κ1) is 17.4. The predicted octanol–water partition coefficient (Wildman–Crippen LogP) is 3.07. The number of likely N-dealkylation sites (tertiary alicyclic amines) is 1. The molecule has 0 aromatic carbocycles. The lowest BCUT2D eigenvalue weighted by atomic mass is 9.79. The first-order valence-electron chi connectivity index (χ1n) is 9.21. The standard InChI is InChI=1S/C20H24FN3O2/c21-18-4-2-8-23-19(18)25-9-5-16-6-10-26-20(11-16)14-24(15-20)13-17-3-1-7-22-12-17/h1-4,7-8,12,16H,5-6,9-11,13-15H2/t16-/m1/s1. The summed E-state index contributed by atoms with van der Waals surface area (Å²) in [5.41, 5.74) is 1.22. The average Bonchev–Trinajstić information content (AvgIpc) is 2.63. The van der Waals surface area contributed by atoms with Crippen molar-refractivity contribution in [1.29, 1.82) is 0 Å². The third-order valence-corrected chi connectivity index (χ3v) is 5.24. The summed E-state index contributed by atoms with van der Waals surface area (Å²) in [5, 5.41) is 0. The molecule has 0 amide bonds. The largest absolute Gasteiger partial charge is 0.476 e. The van der Waals surface area contributed by atoms with Crippen LogP contribution in [0.4, 0.5) is 4.39 Å². The lowest BCUT2D eigenvalue weighted by molar-refractivity contribution is -0.182. The van der Waals surface area contributed by atoms with Gasteiger partial charge in [-0.1, -0.05) is 6.07 Å². The van der Waals surface area contributed by atoms with Crippen LogP contribution >= 0.6 is 0 Å². The summed E-state index contributed by atoms with van der Waals surface area (Å²) in [6.07, 6.45) is 8.26. The molecule has 6 heteroatoms. The molecule has 4 rings (SSSR count). The molecule has 2 aliphatic rings. The highest BCUT2D eigenvalue weighted by molar-refractivity contribution is 5.13. The number of hydrogen-bond acceptors (Lipinski definition) is 5. The van der Waals surface area contributed by atoms with Gasteiger partial charge in [0.15, 0.2) is 5.82 Å². The van der Waals surface area contributed by atoms with Crippen molar-refractivity contribution in [3.05, 3.63) is 54.2 Å². The number of rotatable bonds is 6. The van der Waals surface area contributed by atoms with Gasteiger partial charge in [-0.05, 0) is 48.9 Å². The molecular weight excluding hydrogens is 333 g/mol. The Morgan fingerprint density at radius 1 is 1.27 bits per heavy atom. The Morgan fingerprint density at radius 2 is 2.15 bits per heavy atom. The lowest BCUT2D eigenvalue weighted by Crippen LogP contribution is -2.64. The fourth-order valence-electron chi connectivity index (χ4n) is 4.03. The van der Waals surface area contributed by atoms with Crippen LogP contribution in [0, 0.1) is 11.7 Å². The minimum atomic E-state index is -0.402. The van der Waals surface area contributed by atoms with Gasteiger partial charge in [0.25, 0.3) is 0 Å². The van der Waals surface area contributed by atoms with E-state index in [4.69, 9.17) is 9.47 Å². The molecule has 0 radical (unpaired) electrons. The average molecular weight is 357 g/mol. The summed E-state index contributed by atoms with van der Waals surface area (Å²) in [6.45, 7) is 4.14. The van der Waals surface area contributed by atoms with Gasteiger partial charge in [-0.2, -0.15) is 0 Å². The summed E-state index contributed by atoms with van der Waals surface area (Å²) >= 11 is 0.